The van der Waals surface area contributed by atoms with Gasteiger partial charge in [0.25, 0.3) is 0 Å². The largest absolute Gasteiger partial charge is 0.493 e. The van der Waals surface area contributed by atoms with E-state index in [1.54, 1.807) is 0 Å². The van der Waals surface area contributed by atoms with Crippen molar-refractivity contribution in [3.63, 3.8) is 0 Å². The standard InChI is InChI=1S/C17H28N2O2/c1-5-19-17(4,16(18)20)11-6-7-12-21-15-10-8-9-13(2)14(15)3/h8-10,19H,5-7,11-12H2,1-4H3,(H2,18,20). The third-order valence-corrected chi connectivity index (χ3v) is 3.99. The van der Waals surface area contributed by atoms with Crippen molar-refractivity contribution in [2.45, 2.75) is 52.5 Å². The Morgan fingerprint density at radius 3 is 2.67 bits per heavy atom. The number of primary amides is 1. The maximum Gasteiger partial charge on any atom is 0.237 e. The molecule has 1 rings (SSSR count). The van der Waals surface area contributed by atoms with E-state index in [2.05, 4.69) is 25.2 Å². The van der Waals surface area contributed by atoms with Crippen molar-refractivity contribution in [2.75, 3.05) is 13.2 Å². The SMILES string of the molecule is CCNC(C)(CCCCOc1cccc(C)c1C)C(N)=O. The number of ether oxygens (including phenoxy) is 1. The van der Waals surface area contributed by atoms with Gasteiger partial charge < -0.3 is 15.8 Å². The van der Waals surface area contributed by atoms with Crippen LogP contribution in [-0.4, -0.2) is 24.6 Å². The van der Waals surface area contributed by atoms with Crippen LogP contribution >= 0.6 is 0 Å². The number of rotatable bonds is 9. The molecule has 0 radical (unpaired) electrons. The highest BCUT2D eigenvalue weighted by Gasteiger charge is 2.28. The average molecular weight is 292 g/mol. The molecule has 0 aliphatic heterocycles. The van der Waals surface area contributed by atoms with Crippen LogP contribution in [0.3, 0.4) is 0 Å². The molecule has 0 bridgehead atoms. The molecule has 118 valence electrons. The Morgan fingerprint density at radius 1 is 1.33 bits per heavy atom. The lowest BCUT2D eigenvalue weighted by atomic mass is 9.94. The van der Waals surface area contributed by atoms with Crippen molar-refractivity contribution >= 4 is 5.91 Å². The summed E-state index contributed by atoms with van der Waals surface area (Å²) in [6.45, 7) is 9.38. The van der Waals surface area contributed by atoms with Crippen molar-refractivity contribution in [2.24, 2.45) is 5.73 Å². The van der Waals surface area contributed by atoms with Crippen molar-refractivity contribution in [3.05, 3.63) is 29.3 Å². The summed E-state index contributed by atoms with van der Waals surface area (Å²) in [5, 5.41) is 3.17. The van der Waals surface area contributed by atoms with Gasteiger partial charge in [-0.15, -0.1) is 0 Å². The van der Waals surface area contributed by atoms with Crippen molar-refractivity contribution in [1.29, 1.82) is 0 Å². The van der Waals surface area contributed by atoms with E-state index in [4.69, 9.17) is 10.5 Å². The molecule has 0 saturated heterocycles. The van der Waals surface area contributed by atoms with Gasteiger partial charge in [0.15, 0.2) is 0 Å². The fourth-order valence-corrected chi connectivity index (χ4v) is 2.33. The number of unbranched alkanes of at least 4 members (excludes halogenated alkanes) is 1. The van der Waals surface area contributed by atoms with Gasteiger partial charge in [-0.25, -0.2) is 0 Å². The summed E-state index contributed by atoms with van der Waals surface area (Å²) in [6, 6.07) is 6.08. The highest BCUT2D eigenvalue weighted by Crippen LogP contribution is 2.21. The first kappa shape index (κ1) is 17.5. The Balaban J connectivity index is 2.37. The summed E-state index contributed by atoms with van der Waals surface area (Å²) in [7, 11) is 0. The predicted octanol–water partition coefficient (Wildman–Crippen LogP) is 2.71. The number of nitrogens with two attached hydrogens (primary N) is 1. The number of hydrogen-bond donors (Lipinski definition) is 2. The van der Waals surface area contributed by atoms with Gasteiger partial charge >= 0.3 is 0 Å². The summed E-state index contributed by atoms with van der Waals surface area (Å²) in [5.74, 6) is 0.652. The van der Waals surface area contributed by atoms with E-state index in [9.17, 15) is 4.79 Å². The first-order chi connectivity index (χ1) is 9.90. The third kappa shape index (κ3) is 5.05. The second-order valence-corrected chi connectivity index (χ2v) is 5.73. The maximum atomic E-state index is 11.5. The molecule has 1 aromatic carbocycles. The summed E-state index contributed by atoms with van der Waals surface area (Å²) < 4.78 is 5.82. The van der Waals surface area contributed by atoms with E-state index >= 15 is 0 Å². The number of carbonyl (C=O) groups excluding carboxylic acids is 1. The lowest BCUT2D eigenvalue weighted by Crippen LogP contribution is -2.53. The number of benzene rings is 1. The van der Waals surface area contributed by atoms with Gasteiger partial charge in [-0.3, -0.25) is 4.79 Å². The van der Waals surface area contributed by atoms with Crippen LogP contribution in [0.4, 0.5) is 0 Å². The summed E-state index contributed by atoms with van der Waals surface area (Å²) in [5.41, 5.74) is 7.27. The zero-order valence-electron chi connectivity index (χ0n) is 13.7. The summed E-state index contributed by atoms with van der Waals surface area (Å²) >= 11 is 0. The van der Waals surface area contributed by atoms with Crippen LogP contribution in [0.5, 0.6) is 5.75 Å². The lowest BCUT2D eigenvalue weighted by molar-refractivity contribution is -0.124. The molecular weight excluding hydrogens is 264 g/mol. The number of amides is 1. The van der Waals surface area contributed by atoms with Gasteiger partial charge in [0, 0.05) is 0 Å². The second-order valence-electron chi connectivity index (χ2n) is 5.73. The molecule has 3 N–H and O–H groups in total. The zero-order valence-corrected chi connectivity index (χ0v) is 13.7. The van der Waals surface area contributed by atoms with Gasteiger partial charge in [-0.1, -0.05) is 19.1 Å². The molecule has 4 nitrogen and oxygen atoms in total. The molecule has 1 aromatic rings. The minimum absolute atomic E-state index is 0.292. The van der Waals surface area contributed by atoms with Gasteiger partial charge in [0.1, 0.15) is 5.75 Å². The van der Waals surface area contributed by atoms with Gasteiger partial charge in [-0.2, -0.15) is 0 Å². The zero-order chi connectivity index (χ0) is 15.9. The van der Waals surface area contributed by atoms with Crippen LogP contribution in [-0.2, 0) is 4.79 Å². The number of aryl methyl sites for hydroxylation is 1. The fourth-order valence-electron chi connectivity index (χ4n) is 2.33. The topological polar surface area (TPSA) is 64.3 Å². The van der Waals surface area contributed by atoms with E-state index in [-0.39, 0.29) is 5.91 Å². The Bertz CT molecular complexity index is 474. The molecule has 0 aromatic heterocycles. The predicted molar refractivity (Wildman–Crippen MR) is 86.5 cm³/mol. The number of carbonyl (C=O) groups is 1. The maximum absolute atomic E-state index is 11.5. The van der Waals surface area contributed by atoms with Crippen LogP contribution in [0, 0.1) is 13.8 Å². The summed E-state index contributed by atoms with van der Waals surface area (Å²) in [6.07, 6.45) is 2.53. The number of nitrogens with one attached hydrogen (secondary N) is 1. The molecule has 1 unspecified atom stereocenters. The van der Waals surface area contributed by atoms with Crippen molar-refractivity contribution < 1.29 is 9.53 Å². The molecule has 0 aliphatic rings. The first-order valence-electron chi connectivity index (χ1n) is 7.64. The Kier molecular flexibility index (Phi) is 6.69. The smallest absolute Gasteiger partial charge is 0.237 e. The van der Waals surface area contributed by atoms with Crippen LogP contribution in [0.25, 0.3) is 0 Å². The molecule has 1 atom stereocenters. The molecule has 0 fully saturated rings. The average Bonchev–Trinajstić information content (AvgIpc) is 2.43. The molecular formula is C17H28N2O2. The van der Waals surface area contributed by atoms with Gasteiger partial charge in [-0.05, 0) is 63.8 Å². The number of likely N-dealkylation sites (N-methyl/N-ethyl adjacent to an activating group) is 1. The molecule has 1 amide bonds. The quantitative estimate of drug-likeness (QED) is 0.688. The Hall–Kier alpha value is -1.55. The van der Waals surface area contributed by atoms with E-state index in [1.807, 2.05) is 26.0 Å². The van der Waals surface area contributed by atoms with Crippen LogP contribution in [0.1, 0.15) is 44.2 Å². The van der Waals surface area contributed by atoms with E-state index < -0.39 is 5.54 Å². The van der Waals surface area contributed by atoms with Crippen LogP contribution < -0.4 is 15.8 Å². The molecule has 0 aliphatic carbocycles. The van der Waals surface area contributed by atoms with E-state index in [1.165, 1.54) is 11.1 Å². The lowest BCUT2D eigenvalue weighted by Gasteiger charge is -2.26. The highest BCUT2D eigenvalue weighted by molar-refractivity contribution is 5.84. The van der Waals surface area contributed by atoms with Gasteiger partial charge in [0.2, 0.25) is 5.91 Å². The molecule has 0 heterocycles. The number of hydrogen-bond acceptors (Lipinski definition) is 3. The van der Waals surface area contributed by atoms with Crippen LogP contribution in [0.2, 0.25) is 0 Å². The highest BCUT2D eigenvalue weighted by atomic mass is 16.5. The van der Waals surface area contributed by atoms with E-state index in [0.717, 1.165) is 31.6 Å². The second kappa shape index (κ2) is 8.03. The molecule has 0 saturated carbocycles. The van der Waals surface area contributed by atoms with Crippen molar-refractivity contribution in [3.8, 4) is 5.75 Å². The van der Waals surface area contributed by atoms with Gasteiger partial charge in [0.05, 0.1) is 12.1 Å². The van der Waals surface area contributed by atoms with Crippen LogP contribution in [0.15, 0.2) is 18.2 Å². The molecule has 4 heteroatoms. The van der Waals surface area contributed by atoms with E-state index in [0.29, 0.717) is 6.61 Å². The van der Waals surface area contributed by atoms with Crippen molar-refractivity contribution in [1.82, 2.24) is 5.32 Å². The summed E-state index contributed by atoms with van der Waals surface area (Å²) in [4.78, 5) is 11.5. The Labute approximate surface area is 128 Å². The first-order valence-corrected chi connectivity index (χ1v) is 7.64. The normalized spacial score (nSPS) is 13.7. The minimum atomic E-state index is -0.617. The minimum Gasteiger partial charge on any atom is -0.493 e. The Morgan fingerprint density at radius 2 is 2.05 bits per heavy atom. The monoisotopic (exact) mass is 292 g/mol. The molecule has 0 spiro atoms. The fraction of sp³-hybridized carbons (Fsp3) is 0.588. The third-order valence-electron chi connectivity index (χ3n) is 3.99. The molecule has 21 heavy (non-hydrogen) atoms.